The number of anilines is 1. The van der Waals surface area contributed by atoms with Crippen molar-refractivity contribution in [3.8, 4) is 11.5 Å². The normalized spacial score (nSPS) is 11.9. The fraction of sp³-hybridized carbons (Fsp3) is 0.250. The van der Waals surface area contributed by atoms with Crippen LogP contribution in [0.25, 0.3) is 5.57 Å². The second-order valence-corrected chi connectivity index (χ2v) is 5.62. The lowest BCUT2D eigenvalue weighted by Crippen LogP contribution is -2.01. The highest BCUT2D eigenvalue weighted by atomic mass is 16.5. The largest absolute Gasteiger partial charge is 0.497 e. The molecule has 0 saturated carbocycles. The van der Waals surface area contributed by atoms with E-state index in [0.29, 0.717) is 17.9 Å². The number of methoxy groups -OCH3 is 1. The van der Waals surface area contributed by atoms with Crippen molar-refractivity contribution in [1.29, 1.82) is 5.41 Å². The fourth-order valence-electron chi connectivity index (χ4n) is 2.50. The molecule has 0 atom stereocenters. The quantitative estimate of drug-likeness (QED) is 0.624. The SMILES string of the molecule is C=C1c2cc(C=N)c(N)cc2COc2ccc(OC)cc21.CCC. The average Bonchev–Trinajstić information content (AvgIpc) is 2.72. The van der Waals surface area contributed by atoms with E-state index in [1.807, 2.05) is 30.3 Å². The number of nitrogen functional groups attached to an aromatic ring is 1. The first-order valence-electron chi connectivity index (χ1n) is 7.99. The number of fused-ring (bicyclic) bond motifs is 2. The van der Waals surface area contributed by atoms with E-state index < -0.39 is 0 Å². The predicted molar refractivity (Wildman–Crippen MR) is 100 cm³/mol. The molecular weight excluding hydrogens is 300 g/mol. The van der Waals surface area contributed by atoms with Crippen LogP contribution in [0, 0.1) is 5.41 Å². The van der Waals surface area contributed by atoms with Crippen LogP contribution in [-0.2, 0) is 6.61 Å². The molecule has 3 rings (SSSR count). The molecule has 0 fully saturated rings. The van der Waals surface area contributed by atoms with Gasteiger partial charge in [0.2, 0.25) is 0 Å². The first-order chi connectivity index (χ1) is 11.5. The smallest absolute Gasteiger partial charge is 0.127 e. The Bertz CT molecular complexity index is 766. The fourth-order valence-corrected chi connectivity index (χ4v) is 2.50. The van der Waals surface area contributed by atoms with Crippen LogP contribution in [0.1, 0.15) is 42.5 Å². The summed E-state index contributed by atoms with van der Waals surface area (Å²) in [5.74, 6) is 1.52. The molecule has 0 bridgehead atoms. The maximum Gasteiger partial charge on any atom is 0.127 e. The van der Waals surface area contributed by atoms with Crippen LogP contribution in [0.3, 0.4) is 0 Å². The third-order valence-electron chi connectivity index (χ3n) is 3.68. The van der Waals surface area contributed by atoms with Crippen molar-refractivity contribution in [3.63, 3.8) is 0 Å². The van der Waals surface area contributed by atoms with Gasteiger partial charge in [-0.15, -0.1) is 0 Å². The summed E-state index contributed by atoms with van der Waals surface area (Å²) < 4.78 is 11.1. The molecule has 4 nitrogen and oxygen atoms in total. The standard InChI is InChI=1S/C17H16N2O2.C3H8/c1-10-14-5-11(8-18)16(19)6-12(14)9-21-17-4-3-13(20-2)7-15(10)17;1-3-2/h3-8,18H,1,9,19H2,2H3;3H2,1-2H3. The Hall–Kier alpha value is -2.75. The average molecular weight is 324 g/mol. The summed E-state index contributed by atoms with van der Waals surface area (Å²) in [7, 11) is 1.63. The molecule has 1 aliphatic rings. The Balaban J connectivity index is 0.000000647. The van der Waals surface area contributed by atoms with Gasteiger partial charge in [-0.2, -0.15) is 0 Å². The lowest BCUT2D eigenvalue weighted by Gasteiger charge is -2.11. The highest BCUT2D eigenvalue weighted by Crippen LogP contribution is 2.38. The molecule has 1 heterocycles. The van der Waals surface area contributed by atoms with Crippen molar-refractivity contribution in [3.05, 3.63) is 59.2 Å². The van der Waals surface area contributed by atoms with Gasteiger partial charge in [0, 0.05) is 23.0 Å². The third kappa shape index (κ3) is 3.43. The molecule has 0 spiro atoms. The number of hydrogen-bond acceptors (Lipinski definition) is 4. The number of benzene rings is 2. The highest BCUT2D eigenvalue weighted by molar-refractivity contribution is 5.91. The van der Waals surface area contributed by atoms with Crippen LogP contribution >= 0.6 is 0 Å². The number of rotatable bonds is 2. The molecule has 0 amide bonds. The predicted octanol–water partition coefficient (Wildman–Crippen LogP) is 4.65. The molecule has 0 aliphatic carbocycles. The van der Waals surface area contributed by atoms with E-state index in [2.05, 4.69) is 20.4 Å². The molecule has 2 aromatic rings. The van der Waals surface area contributed by atoms with Crippen LogP contribution in [0.2, 0.25) is 0 Å². The van der Waals surface area contributed by atoms with Gasteiger partial charge in [-0.25, -0.2) is 0 Å². The first kappa shape index (κ1) is 17.6. The number of hydrogen-bond donors (Lipinski definition) is 2. The lowest BCUT2D eigenvalue weighted by atomic mass is 9.93. The molecule has 0 aromatic heterocycles. The monoisotopic (exact) mass is 324 g/mol. The number of nitrogens with two attached hydrogens (primary N) is 1. The van der Waals surface area contributed by atoms with Crippen molar-refractivity contribution < 1.29 is 9.47 Å². The van der Waals surface area contributed by atoms with Crippen molar-refractivity contribution in [2.75, 3.05) is 12.8 Å². The summed E-state index contributed by atoms with van der Waals surface area (Å²) in [4.78, 5) is 0. The van der Waals surface area contributed by atoms with Crippen LogP contribution in [-0.4, -0.2) is 13.3 Å². The van der Waals surface area contributed by atoms with E-state index in [0.717, 1.165) is 33.8 Å². The molecule has 126 valence electrons. The molecule has 24 heavy (non-hydrogen) atoms. The summed E-state index contributed by atoms with van der Waals surface area (Å²) in [6, 6.07) is 9.39. The van der Waals surface area contributed by atoms with Gasteiger partial charge < -0.3 is 20.6 Å². The number of nitrogens with one attached hydrogen (secondary N) is 1. The van der Waals surface area contributed by atoms with Crippen molar-refractivity contribution >= 4 is 17.5 Å². The highest BCUT2D eigenvalue weighted by Gasteiger charge is 2.19. The summed E-state index contributed by atoms with van der Waals surface area (Å²) in [6.07, 6.45) is 2.50. The summed E-state index contributed by atoms with van der Waals surface area (Å²) in [6.45, 7) is 8.86. The minimum absolute atomic E-state index is 0.427. The van der Waals surface area contributed by atoms with Gasteiger partial charge in [0.1, 0.15) is 18.1 Å². The van der Waals surface area contributed by atoms with Crippen LogP contribution < -0.4 is 15.2 Å². The summed E-state index contributed by atoms with van der Waals surface area (Å²) >= 11 is 0. The minimum atomic E-state index is 0.427. The molecular formula is C20H24N2O2. The van der Waals surface area contributed by atoms with Gasteiger partial charge in [0.05, 0.1) is 7.11 Å². The molecule has 0 unspecified atom stereocenters. The summed E-state index contributed by atoms with van der Waals surface area (Å²) in [5.41, 5.74) is 10.9. The molecule has 2 aromatic carbocycles. The van der Waals surface area contributed by atoms with Crippen molar-refractivity contribution in [1.82, 2.24) is 0 Å². The van der Waals surface area contributed by atoms with E-state index in [1.54, 1.807) is 7.11 Å². The summed E-state index contributed by atoms with van der Waals surface area (Å²) in [5, 5.41) is 7.45. The van der Waals surface area contributed by atoms with Gasteiger partial charge in [-0.1, -0.05) is 26.8 Å². The van der Waals surface area contributed by atoms with Gasteiger partial charge in [0.15, 0.2) is 0 Å². The third-order valence-corrected chi connectivity index (χ3v) is 3.68. The van der Waals surface area contributed by atoms with E-state index in [4.69, 9.17) is 20.6 Å². The van der Waals surface area contributed by atoms with Gasteiger partial charge >= 0.3 is 0 Å². The zero-order valence-electron chi connectivity index (χ0n) is 14.5. The second-order valence-electron chi connectivity index (χ2n) is 5.62. The van der Waals surface area contributed by atoms with Crippen molar-refractivity contribution in [2.24, 2.45) is 0 Å². The Morgan fingerprint density at radius 2 is 1.96 bits per heavy atom. The van der Waals surface area contributed by atoms with Crippen molar-refractivity contribution in [2.45, 2.75) is 26.9 Å². The molecule has 0 saturated heterocycles. The van der Waals surface area contributed by atoms with E-state index in [-0.39, 0.29) is 0 Å². The van der Waals surface area contributed by atoms with Gasteiger partial charge in [-0.3, -0.25) is 0 Å². The molecule has 1 aliphatic heterocycles. The topological polar surface area (TPSA) is 68.3 Å². The zero-order chi connectivity index (χ0) is 17.7. The van der Waals surface area contributed by atoms with E-state index >= 15 is 0 Å². The lowest BCUT2D eigenvalue weighted by molar-refractivity contribution is 0.306. The van der Waals surface area contributed by atoms with E-state index in [9.17, 15) is 0 Å². The van der Waals surface area contributed by atoms with Gasteiger partial charge in [0.25, 0.3) is 0 Å². The Morgan fingerprint density at radius 3 is 2.58 bits per heavy atom. The number of ether oxygens (including phenoxy) is 2. The Morgan fingerprint density at radius 1 is 1.25 bits per heavy atom. The maximum absolute atomic E-state index is 7.45. The molecule has 0 radical (unpaired) electrons. The van der Waals surface area contributed by atoms with Crippen LogP contribution in [0.4, 0.5) is 5.69 Å². The Labute approximate surface area is 143 Å². The molecule has 3 N–H and O–H groups in total. The zero-order valence-corrected chi connectivity index (χ0v) is 14.5. The first-order valence-corrected chi connectivity index (χ1v) is 7.99. The van der Waals surface area contributed by atoms with Crippen LogP contribution in [0.5, 0.6) is 11.5 Å². The van der Waals surface area contributed by atoms with Gasteiger partial charge in [-0.05, 0) is 47.0 Å². The molecule has 4 heteroatoms. The van der Waals surface area contributed by atoms with E-state index in [1.165, 1.54) is 12.6 Å². The maximum atomic E-state index is 7.45. The van der Waals surface area contributed by atoms with Crippen LogP contribution in [0.15, 0.2) is 36.9 Å². The minimum Gasteiger partial charge on any atom is -0.497 e. The second kappa shape index (κ2) is 7.68. The Kier molecular flexibility index (Phi) is 5.64.